The average Bonchev–Trinajstić information content (AvgIpc) is 3.03. The van der Waals surface area contributed by atoms with Crippen molar-refractivity contribution in [2.45, 2.75) is 85.1 Å². The number of rotatable bonds is 12. The van der Waals surface area contributed by atoms with Gasteiger partial charge in [-0.3, -0.25) is 0 Å². The first-order valence-electron chi connectivity index (χ1n) is 10.7. The van der Waals surface area contributed by atoms with Crippen LogP contribution in [0.5, 0.6) is 0 Å². The van der Waals surface area contributed by atoms with Crippen LogP contribution in [0.25, 0.3) is 0 Å². The molecule has 1 aromatic carbocycles. The summed E-state index contributed by atoms with van der Waals surface area (Å²) >= 11 is -2.53. The van der Waals surface area contributed by atoms with Crippen LogP contribution in [-0.4, -0.2) is 30.3 Å². The molecule has 0 saturated heterocycles. The van der Waals surface area contributed by atoms with Crippen LogP contribution in [0.15, 0.2) is 40.0 Å². The number of carbonyl (C=O) groups is 1. The van der Waals surface area contributed by atoms with Gasteiger partial charge in [-0.25, -0.2) is 0 Å². The van der Waals surface area contributed by atoms with Crippen molar-refractivity contribution in [1.29, 1.82) is 0 Å². The SMILES string of the molecule is CCC[CH2][Sn]([CH2]CCC)([CH2]CCC)[C]1=CC(=O)NC1Cc1ccccc1. The summed E-state index contributed by atoms with van der Waals surface area (Å²) in [6, 6.07) is 10.9. The van der Waals surface area contributed by atoms with Crippen LogP contribution < -0.4 is 5.32 Å². The van der Waals surface area contributed by atoms with Crippen molar-refractivity contribution >= 4 is 24.3 Å². The maximum absolute atomic E-state index is 12.4. The Morgan fingerprint density at radius 1 is 0.885 bits per heavy atom. The fourth-order valence-corrected chi connectivity index (χ4v) is 21.7. The van der Waals surface area contributed by atoms with Gasteiger partial charge in [-0.05, 0) is 0 Å². The van der Waals surface area contributed by atoms with Gasteiger partial charge in [-0.15, -0.1) is 0 Å². The van der Waals surface area contributed by atoms with E-state index in [-0.39, 0.29) is 11.9 Å². The molecule has 1 amide bonds. The Bertz CT molecular complexity index is 559. The molecule has 0 bridgehead atoms. The van der Waals surface area contributed by atoms with E-state index in [1.54, 1.807) is 3.59 Å². The van der Waals surface area contributed by atoms with Crippen molar-refractivity contribution in [2.75, 3.05) is 0 Å². The maximum atomic E-state index is 12.4. The standard InChI is InChI=1S/C11H10NO.3C4H9.Sn/c13-11-7-6-10(12-11)8-9-4-2-1-3-5-9;3*1-3-4-2;/h1-5,7,10H,8H2,(H,12,13);3*1,3-4H2,2H3;. The first-order valence-corrected chi connectivity index (χ1v) is 18.2. The van der Waals surface area contributed by atoms with E-state index in [2.05, 4.69) is 56.4 Å². The number of nitrogens with one attached hydrogen (secondary N) is 1. The summed E-state index contributed by atoms with van der Waals surface area (Å²) in [4.78, 5) is 12.4. The van der Waals surface area contributed by atoms with Crippen molar-refractivity contribution in [3.63, 3.8) is 0 Å². The van der Waals surface area contributed by atoms with Gasteiger partial charge in [0.15, 0.2) is 0 Å². The predicted octanol–water partition coefficient (Wildman–Crippen LogP) is 6.04. The van der Waals surface area contributed by atoms with Crippen molar-refractivity contribution < 1.29 is 4.79 Å². The monoisotopic (exact) mass is 463 g/mol. The number of unbranched alkanes of at least 4 members (excludes halogenated alkanes) is 3. The van der Waals surface area contributed by atoms with E-state index >= 15 is 0 Å². The molecule has 1 N–H and O–H groups in total. The molecule has 1 aromatic rings. The zero-order chi connectivity index (χ0) is 18.8. The number of benzene rings is 1. The molecule has 0 aliphatic carbocycles. The molecule has 1 aliphatic heterocycles. The zero-order valence-electron chi connectivity index (χ0n) is 17.0. The Kier molecular flexibility index (Phi) is 9.24. The van der Waals surface area contributed by atoms with Crippen molar-refractivity contribution in [1.82, 2.24) is 5.32 Å². The van der Waals surface area contributed by atoms with E-state index < -0.39 is 18.4 Å². The van der Waals surface area contributed by atoms with Crippen molar-refractivity contribution in [3.8, 4) is 0 Å². The van der Waals surface area contributed by atoms with E-state index in [0.717, 1.165) is 6.42 Å². The average molecular weight is 462 g/mol. The Morgan fingerprint density at radius 2 is 1.42 bits per heavy atom. The van der Waals surface area contributed by atoms with E-state index in [0.29, 0.717) is 0 Å². The second-order valence-corrected chi connectivity index (χ2v) is 21.2. The molecular formula is C23H37NOSn. The minimum absolute atomic E-state index is 0.159. The van der Waals surface area contributed by atoms with E-state index in [1.165, 1.54) is 57.4 Å². The van der Waals surface area contributed by atoms with Gasteiger partial charge in [0.25, 0.3) is 0 Å². The van der Waals surface area contributed by atoms with Gasteiger partial charge < -0.3 is 0 Å². The molecular weight excluding hydrogens is 425 g/mol. The van der Waals surface area contributed by atoms with Gasteiger partial charge in [0.1, 0.15) is 0 Å². The Labute approximate surface area is 164 Å². The molecule has 1 heterocycles. The first kappa shape index (κ1) is 21.5. The summed E-state index contributed by atoms with van der Waals surface area (Å²) < 4.78 is 5.88. The molecule has 3 heteroatoms. The Balaban J connectivity index is 2.30. The quantitative estimate of drug-likeness (QED) is 0.377. The van der Waals surface area contributed by atoms with E-state index in [1.807, 2.05) is 6.08 Å². The summed E-state index contributed by atoms with van der Waals surface area (Å²) in [5.41, 5.74) is 1.34. The fourth-order valence-electron chi connectivity index (χ4n) is 4.42. The second kappa shape index (κ2) is 11.2. The van der Waals surface area contributed by atoms with Crippen LogP contribution in [0.3, 0.4) is 0 Å². The molecule has 0 saturated carbocycles. The predicted molar refractivity (Wildman–Crippen MR) is 115 cm³/mol. The summed E-state index contributed by atoms with van der Waals surface area (Å²) in [6.45, 7) is 6.93. The normalized spacial score (nSPS) is 17.3. The minimum atomic E-state index is -2.53. The van der Waals surface area contributed by atoms with Gasteiger partial charge >= 0.3 is 165 Å². The first-order chi connectivity index (χ1) is 12.6. The molecule has 2 nitrogen and oxygen atoms in total. The van der Waals surface area contributed by atoms with E-state index in [4.69, 9.17) is 0 Å². The van der Waals surface area contributed by atoms with Crippen LogP contribution >= 0.6 is 0 Å². The topological polar surface area (TPSA) is 29.1 Å². The summed E-state index contributed by atoms with van der Waals surface area (Å²) in [7, 11) is 0. The van der Waals surface area contributed by atoms with Crippen LogP contribution in [0.1, 0.15) is 64.9 Å². The number of amides is 1. The van der Waals surface area contributed by atoms with Crippen molar-refractivity contribution in [3.05, 3.63) is 45.6 Å². The molecule has 0 fully saturated rings. The van der Waals surface area contributed by atoms with Gasteiger partial charge in [0.05, 0.1) is 0 Å². The van der Waals surface area contributed by atoms with Crippen LogP contribution in [-0.2, 0) is 11.2 Å². The van der Waals surface area contributed by atoms with Gasteiger partial charge in [0.2, 0.25) is 0 Å². The third-order valence-corrected chi connectivity index (χ3v) is 22.0. The second-order valence-electron chi connectivity index (χ2n) is 7.94. The summed E-state index contributed by atoms with van der Waals surface area (Å²) in [6.07, 6.45) is 10.8. The third kappa shape index (κ3) is 5.87. The summed E-state index contributed by atoms with van der Waals surface area (Å²) in [5.74, 6) is 0.159. The van der Waals surface area contributed by atoms with Crippen LogP contribution in [0.4, 0.5) is 0 Å². The van der Waals surface area contributed by atoms with Crippen LogP contribution in [0.2, 0.25) is 13.3 Å². The van der Waals surface area contributed by atoms with Gasteiger partial charge in [-0.1, -0.05) is 0 Å². The molecule has 2 rings (SSSR count). The molecule has 144 valence electrons. The summed E-state index contributed by atoms with van der Waals surface area (Å²) in [5, 5.41) is 3.31. The van der Waals surface area contributed by atoms with Crippen molar-refractivity contribution in [2.24, 2.45) is 0 Å². The molecule has 26 heavy (non-hydrogen) atoms. The number of hydrogen-bond acceptors (Lipinski definition) is 1. The molecule has 0 aromatic heterocycles. The molecule has 0 radical (unpaired) electrons. The fraction of sp³-hybridized carbons (Fsp3) is 0.609. The Morgan fingerprint density at radius 3 is 1.92 bits per heavy atom. The zero-order valence-corrected chi connectivity index (χ0v) is 19.9. The van der Waals surface area contributed by atoms with E-state index in [9.17, 15) is 4.79 Å². The number of carbonyl (C=O) groups excluding carboxylic acids is 1. The third-order valence-electron chi connectivity index (χ3n) is 5.90. The Hall–Kier alpha value is -0.771. The number of hydrogen-bond donors (Lipinski definition) is 1. The molecule has 1 aliphatic rings. The molecule has 1 unspecified atom stereocenters. The van der Waals surface area contributed by atoms with Crippen LogP contribution in [0, 0.1) is 0 Å². The van der Waals surface area contributed by atoms with Gasteiger partial charge in [-0.2, -0.15) is 0 Å². The van der Waals surface area contributed by atoms with Gasteiger partial charge in [0, 0.05) is 0 Å². The molecule has 0 spiro atoms. The molecule has 1 atom stereocenters.